The number of methoxy groups -OCH3 is 1. The number of fused-ring (bicyclic) bond motifs is 1. The number of ether oxygens (including phenoxy) is 3. The molecule has 1 atom stereocenters. The van der Waals surface area contributed by atoms with E-state index in [-0.39, 0.29) is 35.3 Å². The zero-order valence-corrected chi connectivity index (χ0v) is 22.4. The Bertz CT molecular complexity index is 1600. The summed E-state index contributed by atoms with van der Waals surface area (Å²) in [7, 11) is 1.35. The molecular formula is C27H27N3O7S. The number of esters is 1. The van der Waals surface area contributed by atoms with Crippen LogP contribution in [0.5, 0.6) is 11.5 Å². The van der Waals surface area contributed by atoms with Gasteiger partial charge in [0.25, 0.3) is 5.56 Å². The van der Waals surface area contributed by atoms with Gasteiger partial charge in [-0.2, -0.15) is 0 Å². The van der Waals surface area contributed by atoms with Crippen molar-refractivity contribution in [1.82, 2.24) is 4.57 Å². The number of thiazole rings is 1. The fraction of sp³-hybridized carbons (Fsp3) is 0.296. The molecule has 2 heterocycles. The van der Waals surface area contributed by atoms with Gasteiger partial charge < -0.3 is 14.2 Å². The highest BCUT2D eigenvalue weighted by Gasteiger charge is 2.33. The summed E-state index contributed by atoms with van der Waals surface area (Å²) in [5.41, 5.74) is 1.26. The third kappa shape index (κ3) is 5.23. The molecule has 0 saturated heterocycles. The number of nitrogens with zero attached hydrogens (tertiary/aromatic N) is 3. The predicted octanol–water partition coefficient (Wildman–Crippen LogP) is 3.50. The molecule has 0 spiro atoms. The first kappa shape index (κ1) is 26.8. The molecule has 0 saturated carbocycles. The third-order valence-electron chi connectivity index (χ3n) is 5.78. The van der Waals surface area contributed by atoms with Crippen molar-refractivity contribution in [3.8, 4) is 11.5 Å². The Hall–Kier alpha value is -4.25. The molecule has 0 aliphatic carbocycles. The minimum atomic E-state index is -0.772. The van der Waals surface area contributed by atoms with Crippen LogP contribution < -0.4 is 24.4 Å². The summed E-state index contributed by atoms with van der Waals surface area (Å²) in [5, 5.41) is 11.5. The first-order valence-electron chi connectivity index (χ1n) is 11.9. The molecule has 0 fully saturated rings. The zero-order valence-electron chi connectivity index (χ0n) is 21.6. The second kappa shape index (κ2) is 11.0. The van der Waals surface area contributed by atoms with Crippen molar-refractivity contribution in [2.24, 2.45) is 4.99 Å². The number of hydrogen-bond acceptors (Lipinski definition) is 9. The number of nitro groups is 1. The lowest BCUT2D eigenvalue weighted by molar-refractivity contribution is -0.385. The van der Waals surface area contributed by atoms with Gasteiger partial charge in [-0.3, -0.25) is 19.5 Å². The van der Waals surface area contributed by atoms with Crippen LogP contribution in [0.3, 0.4) is 0 Å². The normalized spacial score (nSPS) is 15.2. The van der Waals surface area contributed by atoms with E-state index in [9.17, 15) is 19.7 Å². The van der Waals surface area contributed by atoms with E-state index >= 15 is 0 Å². The molecule has 2 aromatic carbocycles. The fourth-order valence-corrected chi connectivity index (χ4v) is 5.25. The first-order chi connectivity index (χ1) is 18.1. The summed E-state index contributed by atoms with van der Waals surface area (Å²) in [5.74, 6) is 0.227. The maximum absolute atomic E-state index is 13.7. The number of aromatic nitrogens is 1. The van der Waals surface area contributed by atoms with Crippen LogP contribution in [0.1, 0.15) is 44.9 Å². The van der Waals surface area contributed by atoms with Crippen LogP contribution in [0, 0.1) is 10.1 Å². The van der Waals surface area contributed by atoms with Gasteiger partial charge in [-0.25, -0.2) is 9.79 Å². The lowest BCUT2D eigenvalue weighted by atomic mass is 9.96. The van der Waals surface area contributed by atoms with Gasteiger partial charge in [-0.05, 0) is 63.1 Å². The van der Waals surface area contributed by atoms with Gasteiger partial charge >= 0.3 is 11.7 Å². The van der Waals surface area contributed by atoms with Crippen LogP contribution in [-0.2, 0) is 9.53 Å². The van der Waals surface area contributed by atoms with Crippen molar-refractivity contribution in [1.29, 1.82) is 0 Å². The van der Waals surface area contributed by atoms with E-state index < -0.39 is 16.9 Å². The maximum atomic E-state index is 13.7. The van der Waals surface area contributed by atoms with E-state index in [0.717, 1.165) is 11.3 Å². The Morgan fingerprint density at radius 3 is 2.55 bits per heavy atom. The number of rotatable bonds is 8. The molecule has 0 bridgehead atoms. The van der Waals surface area contributed by atoms with Crippen LogP contribution >= 0.6 is 11.3 Å². The van der Waals surface area contributed by atoms with Crippen LogP contribution in [-0.4, -0.2) is 35.3 Å². The van der Waals surface area contributed by atoms with Crippen LogP contribution in [0.4, 0.5) is 5.69 Å². The van der Waals surface area contributed by atoms with E-state index in [1.165, 1.54) is 23.8 Å². The Labute approximate surface area is 222 Å². The third-order valence-corrected chi connectivity index (χ3v) is 6.76. The van der Waals surface area contributed by atoms with Gasteiger partial charge in [-0.1, -0.05) is 29.5 Å². The molecule has 1 aromatic heterocycles. The second-order valence-corrected chi connectivity index (χ2v) is 9.74. The Kier molecular flexibility index (Phi) is 7.77. The van der Waals surface area contributed by atoms with Gasteiger partial charge in [0.15, 0.2) is 10.6 Å². The van der Waals surface area contributed by atoms with Crippen molar-refractivity contribution in [3.63, 3.8) is 0 Å². The topological polar surface area (TPSA) is 122 Å². The molecule has 10 nitrogen and oxygen atoms in total. The quantitative estimate of drug-likeness (QED) is 0.245. The fourth-order valence-electron chi connectivity index (χ4n) is 4.20. The van der Waals surface area contributed by atoms with Crippen molar-refractivity contribution in [3.05, 3.63) is 94.7 Å². The summed E-state index contributed by atoms with van der Waals surface area (Å²) < 4.78 is 17.9. The summed E-state index contributed by atoms with van der Waals surface area (Å²) in [4.78, 5) is 42.6. The van der Waals surface area contributed by atoms with E-state index in [1.54, 1.807) is 38.1 Å². The number of hydrogen-bond donors (Lipinski definition) is 0. The van der Waals surface area contributed by atoms with Gasteiger partial charge in [0, 0.05) is 6.07 Å². The van der Waals surface area contributed by atoms with Gasteiger partial charge in [0.2, 0.25) is 0 Å². The molecule has 4 rings (SSSR count). The summed E-state index contributed by atoms with van der Waals surface area (Å²) >= 11 is 1.14. The summed E-state index contributed by atoms with van der Waals surface area (Å²) in [6.45, 7) is 7.44. The average molecular weight is 538 g/mol. The highest BCUT2D eigenvalue weighted by molar-refractivity contribution is 7.07. The van der Waals surface area contributed by atoms with Crippen LogP contribution in [0.15, 0.2) is 63.5 Å². The van der Waals surface area contributed by atoms with E-state index in [0.29, 0.717) is 31.9 Å². The number of carbonyl (C=O) groups is 1. The number of allylic oxidation sites excluding steroid dienone is 1. The molecule has 38 heavy (non-hydrogen) atoms. The van der Waals surface area contributed by atoms with Gasteiger partial charge in [0.05, 0.1) is 46.6 Å². The minimum Gasteiger partial charge on any atom is -0.491 e. The standard InChI is InChI=1S/C27H27N3O7S/c1-6-36-26(32)23-16(4)28-27-29(24(23)18-8-10-19(11-9-18)37-15(2)3)25(31)22(38-27)14-17-7-12-21(35-5)20(13-17)30(33)34/h7-15,24H,6H2,1-5H3/b22-14-/t24-/m1/s1. The van der Waals surface area contributed by atoms with E-state index in [1.807, 2.05) is 26.0 Å². The average Bonchev–Trinajstić information content (AvgIpc) is 3.17. The molecule has 1 aliphatic rings. The van der Waals surface area contributed by atoms with Crippen molar-refractivity contribution >= 4 is 29.1 Å². The minimum absolute atomic E-state index is 0.00969. The molecule has 1 aliphatic heterocycles. The first-order valence-corrected chi connectivity index (χ1v) is 12.7. The Morgan fingerprint density at radius 1 is 1.24 bits per heavy atom. The number of benzene rings is 2. The SMILES string of the molecule is CCOC(=O)C1=C(C)N=c2s/c(=C\c3ccc(OC)c([N+](=O)[O-])c3)c(=O)n2[C@@H]1c1ccc(OC(C)C)cc1. The molecule has 0 amide bonds. The lowest BCUT2D eigenvalue weighted by Crippen LogP contribution is -2.39. The largest absolute Gasteiger partial charge is 0.491 e. The van der Waals surface area contributed by atoms with Gasteiger partial charge in [-0.15, -0.1) is 0 Å². The Morgan fingerprint density at radius 2 is 1.95 bits per heavy atom. The van der Waals surface area contributed by atoms with E-state index in [4.69, 9.17) is 14.2 Å². The van der Waals surface area contributed by atoms with Crippen molar-refractivity contribution in [2.75, 3.05) is 13.7 Å². The predicted molar refractivity (Wildman–Crippen MR) is 142 cm³/mol. The van der Waals surface area contributed by atoms with Crippen LogP contribution in [0.2, 0.25) is 0 Å². The highest BCUT2D eigenvalue weighted by atomic mass is 32.1. The number of nitro benzene ring substituents is 1. The molecule has 11 heteroatoms. The molecular weight excluding hydrogens is 510 g/mol. The van der Waals surface area contributed by atoms with Crippen molar-refractivity contribution in [2.45, 2.75) is 39.8 Å². The lowest BCUT2D eigenvalue weighted by Gasteiger charge is -2.25. The smallest absolute Gasteiger partial charge is 0.338 e. The van der Waals surface area contributed by atoms with Crippen LogP contribution in [0.25, 0.3) is 6.08 Å². The van der Waals surface area contributed by atoms with Gasteiger partial charge in [0.1, 0.15) is 5.75 Å². The molecule has 0 unspecified atom stereocenters. The summed E-state index contributed by atoms with van der Waals surface area (Å²) in [6, 6.07) is 10.9. The van der Waals surface area contributed by atoms with Crippen molar-refractivity contribution < 1.29 is 23.9 Å². The summed E-state index contributed by atoms with van der Waals surface area (Å²) in [6.07, 6.45) is 1.56. The number of carbonyl (C=O) groups excluding carboxylic acids is 1. The highest BCUT2D eigenvalue weighted by Crippen LogP contribution is 2.32. The molecule has 0 radical (unpaired) electrons. The van der Waals surface area contributed by atoms with E-state index in [2.05, 4.69) is 4.99 Å². The molecule has 0 N–H and O–H groups in total. The zero-order chi connectivity index (χ0) is 27.6. The monoisotopic (exact) mass is 537 g/mol. The molecule has 3 aromatic rings. The molecule has 198 valence electrons. The maximum Gasteiger partial charge on any atom is 0.338 e. The second-order valence-electron chi connectivity index (χ2n) is 8.73. The Balaban J connectivity index is 1.89.